The van der Waals surface area contributed by atoms with Crippen molar-refractivity contribution in [3.63, 3.8) is 0 Å². The smallest absolute Gasteiger partial charge is 0.325 e. The van der Waals surface area contributed by atoms with Gasteiger partial charge in [-0.25, -0.2) is 13.6 Å². The second-order valence-electron chi connectivity index (χ2n) is 6.09. The highest BCUT2D eigenvalue weighted by Crippen LogP contribution is 2.17. The Balaban J connectivity index is 1.77. The number of carbonyl (C=O) groups is 4. The van der Waals surface area contributed by atoms with E-state index in [0.29, 0.717) is 6.07 Å². The van der Waals surface area contributed by atoms with Gasteiger partial charge in [0.15, 0.2) is 6.61 Å². The minimum atomic E-state index is -1.04. The molecule has 0 bridgehead atoms. The zero-order valence-electron chi connectivity index (χ0n) is 14.1. The molecule has 0 aromatic heterocycles. The molecule has 0 unspecified atom stereocenters. The number of hydrogen-bond acceptors (Lipinski definition) is 5. The largest absolute Gasteiger partial charge is 0.456 e. The molecule has 0 spiro atoms. The summed E-state index contributed by atoms with van der Waals surface area (Å²) in [5.74, 6) is -3.87. The number of imide groups is 1. The van der Waals surface area contributed by atoms with Crippen molar-refractivity contribution >= 4 is 29.5 Å². The number of halogens is 2. The third-order valence-corrected chi connectivity index (χ3v) is 3.55. The van der Waals surface area contributed by atoms with Crippen molar-refractivity contribution in [3.05, 3.63) is 29.8 Å². The molecular weight excluding hydrogens is 352 g/mol. The van der Waals surface area contributed by atoms with Gasteiger partial charge in [-0.1, -0.05) is 0 Å². The molecule has 1 aliphatic rings. The molecule has 1 aliphatic heterocycles. The molecule has 0 radical (unpaired) electrons. The lowest BCUT2D eigenvalue weighted by Gasteiger charge is -2.15. The first-order chi connectivity index (χ1) is 12.1. The molecule has 0 saturated carbocycles. The van der Waals surface area contributed by atoms with E-state index in [0.717, 1.165) is 17.0 Å². The zero-order valence-corrected chi connectivity index (χ0v) is 14.1. The highest BCUT2D eigenvalue weighted by Gasteiger charge is 2.44. The minimum Gasteiger partial charge on any atom is -0.456 e. The molecule has 1 aromatic carbocycles. The summed E-state index contributed by atoms with van der Waals surface area (Å²) in [6, 6.07) is 1.98. The molecule has 8 nitrogen and oxygen atoms in total. The normalized spacial score (nSPS) is 15.6. The molecular formula is C16H17F2N3O5. The Morgan fingerprint density at radius 2 is 1.96 bits per heavy atom. The number of nitrogens with zero attached hydrogens (tertiary/aromatic N) is 1. The Morgan fingerprint density at radius 1 is 1.27 bits per heavy atom. The number of hydrogen-bond donors (Lipinski definition) is 2. The van der Waals surface area contributed by atoms with Gasteiger partial charge < -0.3 is 15.4 Å². The molecule has 140 valence electrons. The van der Waals surface area contributed by atoms with Crippen LogP contribution in [0.1, 0.15) is 20.3 Å². The maximum absolute atomic E-state index is 13.4. The van der Waals surface area contributed by atoms with E-state index in [1.54, 1.807) is 0 Å². The van der Waals surface area contributed by atoms with Crippen LogP contribution in [0.25, 0.3) is 0 Å². The van der Waals surface area contributed by atoms with Crippen LogP contribution < -0.4 is 10.6 Å². The van der Waals surface area contributed by atoms with Crippen LogP contribution in [0.5, 0.6) is 0 Å². The molecule has 0 atom stereocenters. The van der Waals surface area contributed by atoms with Crippen LogP contribution in [-0.4, -0.2) is 47.4 Å². The van der Waals surface area contributed by atoms with E-state index in [1.807, 2.05) is 0 Å². The van der Waals surface area contributed by atoms with Crippen molar-refractivity contribution in [3.8, 4) is 0 Å². The average molecular weight is 369 g/mol. The molecule has 2 rings (SSSR count). The number of urea groups is 1. The quantitative estimate of drug-likeness (QED) is 0.579. The van der Waals surface area contributed by atoms with Crippen molar-refractivity contribution in [2.75, 3.05) is 18.5 Å². The molecule has 10 heteroatoms. The van der Waals surface area contributed by atoms with Crippen molar-refractivity contribution in [1.82, 2.24) is 10.2 Å². The lowest BCUT2D eigenvalue weighted by molar-refractivity contribution is -0.147. The van der Waals surface area contributed by atoms with E-state index in [9.17, 15) is 28.0 Å². The van der Waals surface area contributed by atoms with E-state index in [1.165, 1.54) is 13.8 Å². The summed E-state index contributed by atoms with van der Waals surface area (Å²) in [5, 5.41) is 4.59. The van der Waals surface area contributed by atoms with Gasteiger partial charge in [0.1, 0.15) is 17.2 Å². The maximum atomic E-state index is 13.4. The minimum absolute atomic E-state index is 0.193. The van der Waals surface area contributed by atoms with Gasteiger partial charge >= 0.3 is 12.0 Å². The fourth-order valence-corrected chi connectivity index (χ4v) is 2.22. The molecule has 1 heterocycles. The number of nitrogens with one attached hydrogen (secondary N) is 2. The van der Waals surface area contributed by atoms with E-state index in [2.05, 4.69) is 10.6 Å². The van der Waals surface area contributed by atoms with Crippen molar-refractivity contribution in [2.24, 2.45) is 0 Å². The Morgan fingerprint density at radius 3 is 2.54 bits per heavy atom. The molecule has 1 aromatic rings. The predicted octanol–water partition coefficient (Wildman–Crippen LogP) is 1.17. The van der Waals surface area contributed by atoms with Crippen LogP contribution in [0.15, 0.2) is 18.2 Å². The van der Waals surface area contributed by atoms with Gasteiger partial charge in [-0.05, 0) is 26.0 Å². The molecule has 1 fully saturated rings. The fraction of sp³-hybridized carbons (Fsp3) is 0.375. The lowest BCUT2D eigenvalue weighted by Crippen LogP contribution is -2.40. The number of anilines is 1. The van der Waals surface area contributed by atoms with Crippen LogP contribution in [0.2, 0.25) is 0 Å². The molecule has 4 amide bonds. The molecule has 0 aliphatic carbocycles. The number of amides is 4. The SMILES string of the molecule is CC1(C)NC(=O)N(CCC(=O)OCC(=O)Nc2ccc(F)cc2F)C1=O. The number of benzene rings is 1. The van der Waals surface area contributed by atoms with Crippen LogP contribution in [0.4, 0.5) is 19.3 Å². The third-order valence-electron chi connectivity index (χ3n) is 3.55. The monoisotopic (exact) mass is 369 g/mol. The van der Waals surface area contributed by atoms with Gasteiger partial charge in [-0.15, -0.1) is 0 Å². The summed E-state index contributed by atoms with van der Waals surface area (Å²) in [7, 11) is 0. The first kappa shape index (κ1) is 19.3. The van der Waals surface area contributed by atoms with Gasteiger partial charge in [0.05, 0.1) is 12.1 Å². The van der Waals surface area contributed by atoms with Gasteiger partial charge in [-0.3, -0.25) is 19.3 Å². The highest BCUT2D eigenvalue weighted by molar-refractivity contribution is 6.06. The fourth-order valence-electron chi connectivity index (χ4n) is 2.22. The van der Waals surface area contributed by atoms with Crippen LogP contribution in [0, 0.1) is 11.6 Å². The van der Waals surface area contributed by atoms with E-state index < -0.39 is 47.6 Å². The second kappa shape index (κ2) is 7.46. The molecule has 2 N–H and O–H groups in total. The standard InChI is InChI=1S/C16H17F2N3O5/c1-16(2)14(24)21(15(25)20-16)6-5-13(23)26-8-12(22)19-11-4-3-9(17)7-10(11)18/h3-4,7H,5-6,8H2,1-2H3,(H,19,22)(H,20,25). The van der Waals surface area contributed by atoms with Crippen molar-refractivity contribution < 1.29 is 32.7 Å². The Hall–Kier alpha value is -3.04. The Kier molecular flexibility index (Phi) is 5.53. The maximum Gasteiger partial charge on any atom is 0.325 e. The first-order valence-corrected chi connectivity index (χ1v) is 7.65. The number of carbonyl (C=O) groups excluding carboxylic acids is 4. The van der Waals surface area contributed by atoms with Gasteiger partial charge in [-0.2, -0.15) is 0 Å². The van der Waals surface area contributed by atoms with Gasteiger partial charge in [0.25, 0.3) is 11.8 Å². The lowest BCUT2D eigenvalue weighted by atomic mass is 10.1. The van der Waals surface area contributed by atoms with Crippen molar-refractivity contribution in [2.45, 2.75) is 25.8 Å². The second-order valence-corrected chi connectivity index (χ2v) is 6.09. The summed E-state index contributed by atoms with van der Waals surface area (Å²) in [4.78, 5) is 47.8. The third kappa shape index (κ3) is 4.52. The van der Waals surface area contributed by atoms with Gasteiger partial charge in [0.2, 0.25) is 0 Å². The van der Waals surface area contributed by atoms with Crippen LogP contribution in [0.3, 0.4) is 0 Å². The summed E-state index contributed by atoms with van der Waals surface area (Å²) in [6.45, 7) is 2.18. The van der Waals surface area contributed by atoms with E-state index in [4.69, 9.17) is 4.74 Å². The summed E-state index contributed by atoms with van der Waals surface area (Å²) in [6.07, 6.45) is -0.298. The molecule has 1 saturated heterocycles. The Bertz CT molecular complexity index is 766. The van der Waals surface area contributed by atoms with Crippen LogP contribution in [-0.2, 0) is 19.1 Å². The summed E-state index contributed by atoms with van der Waals surface area (Å²) >= 11 is 0. The van der Waals surface area contributed by atoms with Gasteiger partial charge in [0, 0.05) is 12.6 Å². The summed E-state index contributed by atoms with van der Waals surface area (Å²) in [5.41, 5.74) is -1.30. The van der Waals surface area contributed by atoms with E-state index >= 15 is 0 Å². The van der Waals surface area contributed by atoms with Crippen LogP contribution >= 0.6 is 0 Å². The Labute approximate surface area is 147 Å². The number of ether oxygens (including phenoxy) is 1. The number of esters is 1. The summed E-state index contributed by atoms with van der Waals surface area (Å²) < 4.78 is 30.9. The van der Waals surface area contributed by atoms with Crippen molar-refractivity contribution in [1.29, 1.82) is 0 Å². The van der Waals surface area contributed by atoms with E-state index in [-0.39, 0.29) is 18.7 Å². The number of rotatable bonds is 6. The topological polar surface area (TPSA) is 105 Å². The predicted molar refractivity (Wildman–Crippen MR) is 84.9 cm³/mol. The average Bonchev–Trinajstić information content (AvgIpc) is 2.74. The first-order valence-electron chi connectivity index (χ1n) is 7.65. The highest BCUT2D eigenvalue weighted by atomic mass is 19.1. The zero-order chi connectivity index (χ0) is 19.5. The molecule has 26 heavy (non-hydrogen) atoms.